The molecule has 0 atom stereocenters. The largest absolute Gasteiger partial charge is 0.508 e. The van der Waals surface area contributed by atoms with Gasteiger partial charge in [0.1, 0.15) is 5.75 Å². The van der Waals surface area contributed by atoms with E-state index in [1.54, 1.807) is 30.0 Å². The van der Waals surface area contributed by atoms with Crippen molar-refractivity contribution >= 4 is 29.1 Å². The molecule has 0 bridgehead atoms. The number of hydrogen-bond acceptors (Lipinski definition) is 4. The molecule has 162 valence electrons. The number of aliphatic imine (C=N–C) groups is 1. The van der Waals surface area contributed by atoms with E-state index in [0.717, 1.165) is 10.6 Å². The Morgan fingerprint density at radius 2 is 1.75 bits per heavy atom. The summed E-state index contributed by atoms with van der Waals surface area (Å²) in [6.07, 6.45) is 6.15. The Morgan fingerprint density at radius 3 is 2.59 bits per heavy atom. The highest BCUT2D eigenvalue weighted by Gasteiger charge is 2.26. The van der Waals surface area contributed by atoms with E-state index < -0.39 is 0 Å². The molecule has 5 rings (SSSR count). The summed E-state index contributed by atoms with van der Waals surface area (Å²) < 4.78 is 0. The number of nitrogens with zero attached hydrogens (tertiary/aromatic N) is 1. The van der Waals surface area contributed by atoms with E-state index in [9.17, 15) is 9.90 Å². The smallest absolute Gasteiger partial charge is 0.251 e. The van der Waals surface area contributed by atoms with E-state index in [0.29, 0.717) is 17.0 Å². The summed E-state index contributed by atoms with van der Waals surface area (Å²) in [5, 5.41) is 12.9. The number of para-hydroxylation sites is 1. The fourth-order valence-electron chi connectivity index (χ4n) is 4.53. The molecular weight excluding hydrogens is 416 g/mol. The van der Waals surface area contributed by atoms with Gasteiger partial charge in [-0.15, -0.1) is 0 Å². The van der Waals surface area contributed by atoms with Crippen LogP contribution in [0, 0.1) is 5.92 Å². The fourth-order valence-corrected chi connectivity index (χ4v) is 5.54. The van der Waals surface area contributed by atoms with E-state index in [1.807, 2.05) is 24.3 Å². The third kappa shape index (κ3) is 4.30. The molecule has 4 nitrogen and oxygen atoms in total. The van der Waals surface area contributed by atoms with Gasteiger partial charge in [-0.25, -0.2) is 0 Å². The predicted octanol–water partition coefficient (Wildman–Crippen LogP) is 6.49. The van der Waals surface area contributed by atoms with Gasteiger partial charge in [0.2, 0.25) is 0 Å². The number of fused-ring (bicyclic) bond motifs is 2. The molecule has 0 unspecified atom stereocenters. The molecule has 1 fully saturated rings. The summed E-state index contributed by atoms with van der Waals surface area (Å²) >= 11 is 1.72. The summed E-state index contributed by atoms with van der Waals surface area (Å²) in [5.41, 5.74) is 4.53. The zero-order valence-corrected chi connectivity index (χ0v) is 18.7. The lowest BCUT2D eigenvalue weighted by Gasteiger charge is -2.24. The number of nitrogens with one attached hydrogen (secondary N) is 1. The molecule has 1 heterocycles. The molecule has 0 aromatic heterocycles. The lowest BCUT2D eigenvalue weighted by Crippen LogP contribution is -2.22. The summed E-state index contributed by atoms with van der Waals surface area (Å²) in [6.45, 7) is 0.277. The third-order valence-electron chi connectivity index (χ3n) is 6.27. The number of carbonyl (C=O) groups excluding carboxylic acids is 1. The van der Waals surface area contributed by atoms with Crippen LogP contribution in [-0.4, -0.2) is 16.7 Å². The van der Waals surface area contributed by atoms with Crippen LogP contribution in [0.1, 0.15) is 53.6 Å². The highest BCUT2D eigenvalue weighted by molar-refractivity contribution is 7.99. The lowest BCUT2D eigenvalue weighted by atomic mass is 9.83. The summed E-state index contributed by atoms with van der Waals surface area (Å²) in [4.78, 5) is 20.3. The number of benzene rings is 3. The van der Waals surface area contributed by atoms with E-state index in [1.165, 1.54) is 48.3 Å². The predicted molar refractivity (Wildman–Crippen MR) is 129 cm³/mol. The molecule has 2 N–H and O–H groups in total. The van der Waals surface area contributed by atoms with E-state index in [-0.39, 0.29) is 18.2 Å². The molecule has 3 aromatic rings. The quantitative estimate of drug-likeness (QED) is 0.486. The number of rotatable bonds is 4. The normalized spacial score (nSPS) is 15.8. The van der Waals surface area contributed by atoms with Gasteiger partial charge < -0.3 is 10.4 Å². The van der Waals surface area contributed by atoms with Crippen LogP contribution < -0.4 is 5.32 Å². The summed E-state index contributed by atoms with van der Waals surface area (Å²) in [6, 6.07) is 21.3. The van der Waals surface area contributed by atoms with Crippen molar-refractivity contribution in [2.24, 2.45) is 10.9 Å². The van der Waals surface area contributed by atoms with Crippen LogP contribution in [0.4, 0.5) is 5.69 Å². The second-order valence-electron chi connectivity index (χ2n) is 8.42. The van der Waals surface area contributed by atoms with Crippen molar-refractivity contribution in [3.05, 3.63) is 83.4 Å². The Balaban J connectivity index is 1.45. The van der Waals surface area contributed by atoms with Crippen molar-refractivity contribution in [3.63, 3.8) is 0 Å². The molecule has 1 amide bonds. The van der Waals surface area contributed by atoms with Gasteiger partial charge in [0.15, 0.2) is 0 Å². The molecule has 2 aliphatic rings. The van der Waals surface area contributed by atoms with Gasteiger partial charge in [-0.3, -0.25) is 9.79 Å². The summed E-state index contributed by atoms with van der Waals surface area (Å²) in [7, 11) is 0. The van der Waals surface area contributed by atoms with Crippen molar-refractivity contribution in [2.75, 3.05) is 0 Å². The molecular formula is C27H26N2O2S. The van der Waals surface area contributed by atoms with Crippen LogP contribution in [0.5, 0.6) is 5.75 Å². The minimum atomic E-state index is -0.169. The molecule has 5 heteroatoms. The van der Waals surface area contributed by atoms with Gasteiger partial charge in [-0.2, -0.15) is 0 Å². The van der Waals surface area contributed by atoms with E-state index in [4.69, 9.17) is 4.99 Å². The first kappa shape index (κ1) is 20.8. The summed E-state index contributed by atoms with van der Waals surface area (Å²) in [5.74, 6) is 0.484. The minimum Gasteiger partial charge on any atom is -0.508 e. The number of aromatic hydroxyl groups is 1. The van der Waals surface area contributed by atoms with Gasteiger partial charge in [-0.05, 0) is 43.2 Å². The Kier molecular flexibility index (Phi) is 5.99. The van der Waals surface area contributed by atoms with Gasteiger partial charge in [0, 0.05) is 38.9 Å². The Bertz CT molecular complexity index is 1180. The Morgan fingerprint density at radius 1 is 0.969 bits per heavy atom. The Labute approximate surface area is 192 Å². The van der Waals surface area contributed by atoms with Crippen molar-refractivity contribution < 1.29 is 9.90 Å². The van der Waals surface area contributed by atoms with Crippen LogP contribution in [0.15, 0.2) is 81.5 Å². The van der Waals surface area contributed by atoms with Gasteiger partial charge in [0.25, 0.3) is 5.91 Å². The third-order valence-corrected chi connectivity index (χ3v) is 7.41. The average Bonchev–Trinajstić information content (AvgIpc) is 3.00. The van der Waals surface area contributed by atoms with Crippen molar-refractivity contribution in [1.29, 1.82) is 0 Å². The number of amides is 1. The van der Waals surface area contributed by atoms with Crippen molar-refractivity contribution in [1.82, 2.24) is 5.32 Å². The maximum Gasteiger partial charge on any atom is 0.251 e. The molecule has 0 spiro atoms. The van der Waals surface area contributed by atoms with Gasteiger partial charge in [-0.1, -0.05) is 67.4 Å². The number of phenolic OH excluding ortho intramolecular Hbond substituents is 1. The van der Waals surface area contributed by atoms with Crippen molar-refractivity contribution in [3.8, 4) is 5.75 Å². The highest BCUT2D eigenvalue weighted by Crippen LogP contribution is 2.43. The first-order chi connectivity index (χ1) is 15.7. The molecule has 32 heavy (non-hydrogen) atoms. The minimum absolute atomic E-state index is 0.169. The van der Waals surface area contributed by atoms with Crippen LogP contribution in [0.3, 0.4) is 0 Å². The SMILES string of the molecule is O=C(NCc1ccccc1O)c1ccc2c(c1)N=C(C1CCCCC1)c1ccccc1S2. The molecule has 0 radical (unpaired) electrons. The van der Waals surface area contributed by atoms with Crippen LogP contribution in [0.25, 0.3) is 0 Å². The lowest BCUT2D eigenvalue weighted by molar-refractivity contribution is 0.0950. The van der Waals surface area contributed by atoms with Gasteiger partial charge in [0.05, 0.1) is 11.4 Å². The Hall–Kier alpha value is -3.05. The topological polar surface area (TPSA) is 61.7 Å². The molecule has 0 saturated heterocycles. The van der Waals surface area contributed by atoms with E-state index >= 15 is 0 Å². The maximum absolute atomic E-state index is 12.9. The second kappa shape index (κ2) is 9.21. The zero-order chi connectivity index (χ0) is 21.9. The standard InChI is InChI=1S/C27H26N2O2S/c30-23-12-6-4-10-20(23)17-28-27(31)19-14-15-25-22(16-19)29-26(18-8-2-1-3-9-18)21-11-5-7-13-24(21)32-25/h4-7,10-16,18,30H,1-3,8-9,17H2,(H,28,31). The molecule has 1 aliphatic heterocycles. The van der Waals surface area contributed by atoms with E-state index in [2.05, 4.69) is 29.6 Å². The second-order valence-corrected chi connectivity index (χ2v) is 9.51. The van der Waals surface area contributed by atoms with Crippen LogP contribution in [0.2, 0.25) is 0 Å². The number of carbonyl (C=O) groups is 1. The molecule has 1 saturated carbocycles. The molecule has 1 aliphatic carbocycles. The van der Waals surface area contributed by atoms with Crippen molar-refractivity contribution in [2.45, 2.75) is 48.4 Å². The number of phenols is 1. The van der Waals surface area contributed by atoms with Gasteiger partial charge >= 0.3 is 0 Å². The fraction of sp³-hybridized carbons (Fsp3) is 0.259. The zero-order valence-electron chi connectivity index (χ0n) is 17.9. The maximum atomic E-state index is 12.9. The first-order valence-corrected chi connectivity index (χ1v) is 12.1. The van der Waals surface area contributed by atoms with Crippen LogP contribution in [-0.2, 0) is 6.54 Å². The van der Waals surface area contributed by atoms with Crippen LogP contribution >= 0.6 is 11.8 Å². The first-order valence-electron chi connectivity index (χ1n) is 11.2. The number of hydrogen-bond donors (Lipinski definition) is 2. The highest BCUT2D eigenvalue weighted by atomic mass is 32.2. The average molecular weight is 443 g/mol. The molecule has 3 aromatic carbocycles. The monoisotopic (exact) mass is 442 g/mol.